The molecule has 3 aromatic rings. The minimum Gasteiger partial charge on any atom is -0.493 e. The first-order valence-electron chi connectivity index (χ1n) is 11.3. The average molecular weight is 485 g/mol. The van der Waals surface area contributed by atoms with Crippen LogP contribution in [0.2, 0.25) is 0 Å². The van der Waals surface area contributed by atoms with Gasteiger partial charge in [0.1, 0.15) is 34.5 Å². The van der Waals surface area contributed by atoms with Crippen molar-refractivity contribution in [3.63, 3.8) is 0 Å². The second-order valence-corrected chi connectivity index (χ2v) is 8.03. The minimum atomic E-state index is -0.884. The van der Waals surface area contributed by atoms with Gasteiger partial charge in [-0.15, -0.1) is 0 Å². The minimum absolute atomic E-state index is 0.0689. The van der Waals surface area contributed by atoms with Crippen LogP contribution < -0.4 is 19.9 Å². The second kappa shape index (κ2) is 10.6. The summed E-state index contributed by atoms with van der Waals surface area (Å²) in [5, 5.41) is 21.1. The van der Waals surface area contributed by atoms with Gasteiger partial charge in [0.2, 0.25) is 5.88 Å². The summed E-state index contributed by atoms with van der Waals surface area (Å²) < 4.78 is 17.1. The molecule has 1 unspecified atom stereocenters. The molecule has 182 valence electrons. The van der Waals surface area contributed by atoms with Gasteiger partial charge < -0.3 is 19.9 Å². The van der Waals surface area contributed by atoms with E-state index >= 15 is 0 Å². The number of allylic oxidation sites excluding steroid dienone is 1. The van der Waals surface area contributed by atoms with E-state index in [-0.39, 0.29) is 28.5 Å². The number of carbonyl (C=O) groups is 1. The molecule has 0 fully saturated rings. The van der Waals surface area contributed by atoms with Crippen LogP contribution in [0, 0.1) is 21.4 Å². The molecule has 0 bridgehead atoms. The Hall–Kier alpha value is -4.84. The number of hydrogen-bond acceptors (Lipinski definition) is 8. The van der Waals surface area contributed by atoms with Crippen molar-refractivity contribution in [3.8, 4) is 23.3 Å². The molecule has 0 amide bonds. The number of hydrogen-bond donors (Lipinski definition) is 1. The molecule has 0 aliphatic carbocycles. The molecule has 2 N–H and O–H groups in total. The Labute approximate surface area is 207 Å². The lowest BCUT2D eigenvalue weighted by Crippen LogP contribution is -2.21. The third kappa shape index (κ3) is 4.83. The van der Waals surface area contributed by atoms with Crippen LogP contribution >= 0.6 is 0 Å². The highest BCUT2D eigenvalue weighted by molar-refractivity contribution is 5.95. The largest absolute Gasteiger partial charge is 0.493 e. The summed E-state index contributed by atoms with van der Waals surface area (Å²) >= 11 is 0. The number of nitro groups is 1. The fraction of sp³-hybridized carbons (Fsp3) is 0.185. The highest BCUT2D eigenvalue weighted by atomic mass is 16.6. The quantitative estimate of drug-likeness (QED) is 0.151. The number of unbranched alkanes of at least 4 members (excludes halogenated alkanes) is 1. The summed E-state index contributed by atoms with van der Waals surface area (Å²) in [6, 6.07) is 19.8. The molecular formula is C27H23N3O6. The van der Waals surface area contributed by atoms with E-state index < -0.39 is 16.8 Å². The Balaban J connectivity index is 1.70. The predicted octanol–water partition coefficient (Wildman–Crippen LogP) is 5.21. The lowest BCUT2D eigenvalue weighted by Gasteiger charge is -2.28. The zero-order valence-corrected chi connectivity index (χ0v) is 19.5. The van der Waals surface area contributed by atoms with Crippen molar-refractivity contribution in [2.24, 2.45) is 5.73 Å². The molecule has 0 radical (unpaired) electrons. The molecular weight excluding hydrogens is 462 g/mol. The number of nitriles is 1. The lowest BCUT2D eigenvalue weighted by atomic mass is 9.83. The highest BCUT2D eigenvalue weighted by Crippen LogP contribution is 2.46. The maximum Gasteiger partial charge on any atom is 0.350 e. The van der Waals surface area contributed by atoms with Crippen molar-refractivity contribution in [1.82, 2.24) is 0 Å². The zero-order valence-electron chi connectivity index (χ0n) is 19.5. The van der Waals surface area contributed by atoms with E-state index in [1.807, 2.05) is 24.3 Å². The van der Waals surface area contributed by atoms with E-state index in [2.05, 4.69) is 13.0 Å². The molecule has 9 nitrogen and oxygen atoms in total. The number of esters is 1. The Bertz CT molecular complexity index is 1390. The van der Waals surface area contributed by atoms with E-state index in [9.17, 15) is 20.2 Å². The van der Waals surface area contributed by atoms with Crippen molar-refractivity contribution >= 4 is 11.7 Å². The summed E-state index contributed by atoms with van der Waals surface area (Å²) in [4.78, 5) is 23.3. The molecule has 1 aliphatic heterocycles. The maximum atomic E-state index is 12.7. The third-order valence-corrected chi connectivity index (χ3v) is 5.71. The summed E-state index contributed by atoms with van der Waals surface area (Å²) in [5.41, 5.74) is 7.20. The van der Waals surface area contributed by atoms with E-state index in [1.54, 1.807) is 12.1 Å². The number of ether oxygens (including phenoxy) is 3. The first kappa shape index (κ1) is 24.3. The number of fused-ring (bicyclic) bond motifs is 1. The number of para-hydroxylation sites is 2. The summed E-state index contributed by atoms with van der Waals surface area (Å²) in [6.45, 7) is 2.60. The number of nitrogens with zero attached hydrogens (tertiary/aromatic N) is 2. The van der Waals surface area contributed by atoms with Gasteiger partial charge in [-0.05, 0) is 24.6 Å². The van der Waals surface area contributed by atoms with Gasteiger partial charge in [-0.25, -0.2) is 4.79 Å². The predicted molar refractivity (Wildman–Crippen MR) is 131 cm³/mol. The van der Waals surface area contributed by atoms with E-state index in [1.165, 1.54) is 30.3 Å². The van der Waals surface area contributed by atoms with Gasteiger partial charge in [-0.1, -0.05) is 49.7 Å². The van der Waals surface area contributed by atoms with E-state index in [0.29, 0.717) is 23.7 Å². The van der Waals surface area contributed by atoms with Crippen molar-refractivity contribution in [1.29, 1.82) is 5.26 Å². The summed E-state index contributed by atoms with van der Waals surface area (Å²) in [5.74, 6) is -0.470. The zero-order chi connectivity index (χ0) is 25.7. The van der Waals surface area contributed by atoms with Crippen LogP contribution in [0.1, 0.15) is 47.2 Å². The fourth-order valence-corrected chi connectivity index (χ4v) is 3.96. The molecule has 4 rings (SSSR count). The first-order chi connectivity index (χ1) is 17.4. The van der Waals surface area contributed by atoms with Gasteiger partial charge in [0, 0.05) is 23.3 Å². The topological polar surface area (TPSA) is 138 Å². The van der Waals surface area contributed by atoms with Crippen LogP contribution in [0.25, 0.3) is 0 Å². The van der Waals surface area contributed by atoms with Crippen LogP contribution in [-0.2, 0) is 0 Å². The van der Waals surface area contributed by atoms with Gasteiger partial charge >= 0.3 is 5.97 Å². The number of nitrogens with two attached hydrogens (primary N) is 1. The average Bonchev–Trinajstić information content (AvgIpc) is 2.88. The fourth-order valence-electron chi connectivity index (χ4n) is 3.96. The molecule has 1 atom stereocenters. The molecule has 0 saturated heterocycles. The number of nitro benzene ring substituents is 1. The van der Waals surface area contributed by atoms with Crippen LogP contribution in [0.15, 0.2) is 78.2 Å². The molecule has 1 aliphatic rings. The molecule has 3 aromatic carbocycles. The van der Waals surface area contributed by atoms with Crippen molar-refractivity contribution in [3.05, 3.63) is 105 Å². The monoisotopic (exact) mass is 485 g/mol. The van der Waals surface area contributed by atoms with Crippen molar-refractivity contribution < 1.29 is 23.9 Å². The van der Waals surface area contributed by atoms with Gasteiger partial charge in [0.15, 0.2) is 0 Å². The van der Waals surface area contributed by atoms with Crippen LogP contribution in [0.3, 0.4) is 0 Å². The Kier molecular flexibility index (Phi) is 7.16. The smallest absolute Gasteiger partial charge is 0.350 e. The number of benzene rings is 3. The molecule has 0 saturated carbocycles. The SMILES string of the molecule is CCCCOc1ccccc1C1C(C#N)=C(N)Oc2cc(OC(=O)c3ccccc3[N+](=O)[O-])ccc21. The molecule has 1 heterocycles. The van der Waals surface area contributed by atoms with E-state index in [4.69, 9.17) is 19.9 Å². The normalized spacial score (nSPS) is 14.3. The van der Waals surface area contributed by atoms with Crippen LogP contribution in [-0.4, -0.2) is 17.5 Å². The molecule has 9 heteroatoms. The molecule has 0 spiro atoms. The van der Waals surface area contributed by atoms with Gasteiger partial charge in [-0.2, -0.15) is 5.26 Å². The number of rotatable bonds is 8. The Morgan fingerprint density at radius 2 is 1.89 bits per heavy atom. The van der Waals surface area contributed by atoms with Crippen LogP contribution in [0.5, 0.6) is 17.2 Å². The van der Waals surface area contributed by atoms with Gasteiger partial charge in [0.25, 0.3) is 5.69 Å². The summed E-state index contributed by atoms with van der Waals surface area (Å²) in [7, 11) is 0. The lowest BCUT2D eigenvalue weighted by molar-refractivity contribution is -0.385. The second-order valence-electron chi connectivity index (χ2n) is 8.03. The van der Waals surface area contributed by atoms with Crippen molar-refractivity contribution in [2.75, 3.05) is 6.61 Å². The van der Waals surface area contributed by atoms with E-state index in [0.717, 1.165) is 18.4 Å². The summed E-state index contributed by atoms with van der Waals surface area (Å²) in [6.07, 6.45) is 1.86. The molecule has 36 heavy (non-hydrogen) atoms. The standard InChI is InChI=1S/C27H23N3O6/c1-2-3-14-34-23-11-7-5-9-19(23)25-20-13-12-17(15-24(20)36-26(29)21(25)16-28)35-27(31)18-8-4-6-10-22(18)30(32)33/h4-13,15,25H,2-3,14,29H2,1H3. The van der Waals surface area contributed by atoms with Gasteiger partial charge in [-0.3, -0.25) is 10.1 Å². The van der Waals surface area contributed by atoms with Crippen LogP contribution in [0.4, 0.5) is 5.69 Å². The highest BCUT2D eigenvalue weighted by Gasteiger charge is 2.33. The Morgan fingerprint density at radius 1 is 1.14 bits per heavy atom. The first-order valence-corrected chi connectivity index (χ1v) is 11.3. The number of carbonyl (C=O) groups excluding carboxylic acids is 1. The maximum absolute atomic E-state index is 12.7. The van der Waals surface area contributed by atoms with Gasteiger partial charge in [0.05, 0.1) is 17.4 Å². The Morgan fingerprint density at radius 3 is 2.64 bits per heavy atom. The molecule has 0 aromatic heterocycles. The van der Waals surface area contributed by atoms with Crippen molar-refractivity contribution in [2.45, 2.75) is 25.7 Å². The third-order valence-electron chi connectivity index (χ3n) is 5.71.